The van der Waals surface area contributed by atoms with Gasteiger partial charge in [0.2, 0.25) is 0 Å². The molecule has 1 aromatic heterocycles. The lowest BCUT2D eigenvalue weighted by Gasteiger charge is -2.10. The number of hydrogen-bond acceptors (Lipinski definition) is 5. The lowest BCUT2D eigenvalue weighted by Crippen LogP contribution is -2.21. The van der Waals surface area contributed by atoms with E-state index < -0.39 is 9.84 Å². The van der Waals surface area contributed by atoms with Crippen molar-refractivity contribution < 1.29 is 13.2 Å². The van der Waals surface area contributed by atoms with E-state index in [1.165, 1.54) is 0 Å². The number of halogens is 1. The minimum Gasteiger partial charge on any atom is -0.377 e. The van der Waals surface area contributed by atoms with Crippen LogP contribution in [0.15, 0.2) is 41.0 Å². The molecule has 1 unspecified atom stereocenters. The predicted molar refractivity (Wildman–Crippen MR) is 91.6 cm³/mol. The lowest BCUT2D eigenvalue weighted by atomic mass is 10.2. The first-order chi connectivity index (χ1) is 11.0. The Labute approximate surface area is 144 Å². The lowest BCUT2D eigenvalue weighted by molar-refractivity contribution is 0.127. The van der Waals surface area contributed by atoms with E-state index in [0.717, 1.165) is 22.9 Å². The van der Waals surface area contributed by atoms with Crippen molar-refractivity contribution in [3.63, 3.8) is 0 Å². The molecule has 23 heavy (non-hydrogen) atoms. The van der Waals surface area contributed by atoms with Gasteiger partial charge < -0.3 is 4.74 Å². The summed E-state index contributed by atoms with van der Waals surface area (Å²) in [5.41, 5.74) is 1.36. The van der Waals surface area contributed by atoms with Gasteiger partial charge in [0.15, 0.2) is 15.7 Å². The minimum atomic E-state index is -3.25. The molecule has 1 saturated heterocycles. The number of rotatable bonds is 5. The summed E-state index contributed by atoms with van der Waals surface area (Å²) in [7, 11) is -3.25. The highest BCUT2D eigenvalue weighted by Gasteiger charge is 2.24. The van der Waals surface area contributed by atoms with Crippen molar-refractivity contribution in [2.45, 2.75) is 24.7 Å². The van der Waals surface area contributed by atoms with Crippen LogP contribution in [0, 0.1) is 0 Å². The van der Waals surface area contributed by atoms with E-state index in [2.05, 4.69) is 25.9 Å². The van der Waals surface area contributed by atoms with Gasteiger partial charge in [-0.1, -0.05) is 28.1 Å². The van der Waals surface area contributed by atoms with Gasteiger partial charge in [0.05, 0.1) is 23.3 Å². The van der Waals surface area contributed by atoms with Crippen molar-refractivity contribution in [3.8, 4) is 11.4 Å². The van der Waals surface area contributed by atoms with Gasteiger partial charge in [0.25, 0.3) is 0 Å². The fraction of sp³-hybridized carbons (Fsp3) is 0.375. The smallest absolute Gasteiger partial charge is 0.159 e. The molecule has 1 fully saturated rings. The quantitative estimate of drug-likeness (QED) is 0.776. The standard InChI is InChI=1S/C16H17BrN2O3S/c17-13-5-3-12(4-6-13)16-18-8-7-14(19-16)10-23(20,21)11-15-2-1-9-22-15/h3-8,15H,1-2,9-11H2. The third kappa shape index (κ3) is 4.59. The molecule has 1 aliphatic heterocycles. The molecular formula is C16H17BrN2O3S. The molecule has 0 bridgehead atoms. The molecule has 1 aromatic carbocycles. The zero-order valence-electron chi connectivity index (χ0n) is 12.5. The molecule has 7 heteroatoms. The van der Waals surface area contributed by atoms with Crippen molar-refractivity contribution in [2.75, 3.05) is 12.4 Å². The van der Waals surface area contributed by atoms with Gasteiger partial charge in [-0.25, -0.2) is 18.4 Å². The monoisotopic (exact) mass is 396 g/mol. The van der Waals surface area contributed by atoms with E-state index in [9.17, 15) is 8.42 Å². The SMILES string of the molecule is O=S(=O)(Cc1ccnc(-c2ccc(Br)cc2)n1)CC1CCCO1. The summed E-state index contributed by atoms with van der Waals surface area (Å²) in [5.74, 6) is 0.506. The van der Waals surface area contributed by atoms with Crippen LogP contribution in [0.25, 0.3) is 11.4 Å². The predicted octanol–water partition coefficient (Wildman–Crippen LogP) is 3.00. The Hall–Kier alpha value is -1.31. The third-order valence-corrected chi connectivity index (χ3v) is 5.79. The van der Waals surface area contributed by atoms with Crippen LogP contribution in [-0.2, 0) is 20.3 Å². The van der Waals surface area contributed by atoms with E-state index in [1.54, 1.807) is 12.3 Å². The summed E-state index contributed by atoms with van der Waals surface area (Å²) in [6.07, 6.45) is 3.17. The summed E-state index contributed by atoms with van der Waals surface area (Å²) >= 11 is 3.38. The molecule has 1 atom stereocenters. The molecule has 122 valence electrons. The highest BCUT2D eigenvalue weighted by Crippen LogP contribution is 2.20. The Bertz CT molecular complexity index is 772. The van der Waals surface area contributed by atoms with Crippen LogP contribution in [-0.4, -0.2) is 36.8 Å². The number of aromatic nitrogens is 2. The average molecular weight is 397 g/mol. The van der Waals surface area contributed by atoms with Crippen LogP contribution in [0.4, 0.5) is 0 Å². The van der Waals surface area contributed by atoms with E-state index >= 15 is 0 Å². The topological polar surface area (TPSA) is 69.2 Å². The van der Waals surface area contributed by atoms with Gasteiger partial charge in [-0.15, -0.1) is 0 Å². The van der Waals surface area contributed by atoms with Crippen LogP contribution in [0.3, 0.4) is 0 Å². The van der Waals surface area contributed by atoms with Crippen LogP contribution in [0.1, 0.15) is 18.5 Å². The van der Waals surface area contributed by atoms with Gasteiger partial charge in [0, 0.05) is 22.8 Å². The summed E-state index contributed by atoms with van der Waals surface area (Å²) in [6, 6.07) is 9.24. The van der Waals surface area contributed by atoms with Gasteiger partial charge in [0.1, 0.15) is 0 Å². The maximum Gasteiger partial charge on any atom is 0.159 e. The summed E-state index contributed by atoms with van der Waals surface area (Å²) in [6.45, 7) is 0.654. The summed E-state index contributed by atoms with van der Waals surface area (Å²) < 4.78 is 31.0. The second-order valence-electron chi connectivity index (χ2n) is 5.57. The van der Waals surface area contributed by atoms with Crippen molar-refractivity contribution in [2.24, 2.45) is 0 Å². The van der Waals surface area contributed by atoms with Crippen molar-refractivity contribution in [3.05, 3.63) is 46.7 Å². The molecule has 0 N–H and O–H groups in total. The number of benzene rings is 1. The second-order valence-corrected chi connectivity index (χ2v) is 8.59. The maximum atomic E-state index is 12.3. The fourth-order valence-corrected chi connectivity index (χ4v) is 4.38. The van der Waals surface area contributed by atoms with E-state index in [0.29, 0.717) is 18.1 Å². The number of ether oxygens (including phenoxy) is 1. The fourth-order valence-electron chi connectivity index (χ4n) is 2.56. The zero-order chi connectivity index (χ0) is 16.3. The first-order valence-corrected chi connectivity index (χ1v) is 10.0. The Morgan fingerprint density at radius 3 is 2.70 bits per heavy atom. The van der Waals surface area contributed by atoms with Crippen molar-refractivity contribution >= 4 is 25.8 Å². The molecule has 1 aliphatic rings. The van der Waals surface area contributed by atoms with Crippen molar-refractivity contribution in [1.82, 2.24) is 9.97 Å². The van der Waals surface area contributed by atoms with Crippen LogP contribution in [0.5, 0.6) is 0 Å². The molecule has 3 rings (SSSR count). The molecule has 0 radical (unpaired) electrons. The molecule has 0 saturated carbocycles. The number of nitrogens with zero attached hydrogens (tertiary/aromatic N) is 2. The Balaban J connectivity index is 1.75. The molecular weight excluding hydrogens is 380 g/mol. The highest BCUT2D eigenvalue weighted by molar-refractivity contribution is 9.10. The van der Waals surface area contributed by atoms with Gasteiger partial charge in [-0.2, -0.15) is 0 Å². The highest BCUT2D eigenvalue weighted by atomic mass is 79.9. The van der Waals surface area contributed by atoms with Gasteiger partial charge in [-0.05, 0) is 31.0 Å². The Kier molecular flexibility index (Phi) is 5.08. The zero-order valence-corrected chi connectivity index (χ0v) is 14.9. The van der Waals surface area contributed by atoms with Crippen LogP contribution >= 0.6 is 15.9 Å². The van der Waals surface area contributed by atoms with E-state index in [4.69, 9.17) is 4.74 Å². The number of sulfone groups is 1. The van der Waals surface area contributed by atoms with Gasteiger partial charge in [-0.3, -0.25) is 0 Å². The second kappa shape index (κ2) is 7.07. The van der Waals surface area contributed by atoms with Crippen LogP contribution < -0.4 is 0 Å². The van der Waals surface area contributed by atoms with E-state index in [1.807, 2.05) is 24.3 Å². The normalized spacial score (nSPS) is 18.2. The molecule has 2 heterocycles. The third-order valence-electron chi connectivity index (χ3n) is 3.65. The Morgan fingerprint density at radius 2 is 2.00 bits per heavy atom. The average Bonchev–Trinajstić information content (AvgIpc) is 3.00. The maximum absolute atomic E-state index is 12.3. The molecule has 0 aliphatic carbocycles. The summed E-state index contributed by atoms with van der Waals surface area (Å²) in [4.78, 5) is 8.61. The van der Waals surface area contributed by atoms with Gasteiger partial charge >= 0.3 is 0 Å². The summed E-state index contributed by atoms with van der Waals surface area (Å²) in [5, 5.41) is 0. The Morgan fingerprint density at radius 1 is 1.22 bits per heavy atom. The molecule has 2 aromatic rings. The minimum absolute atomic E-state index is 0.0601. The number of hydrogen-bond donors (Lipinski definition) is 0. The molecule has 0 spiro atoms. The largest absolute Gasteiger partial charge is 0.377 e. The van der Waals surface area contributed by atoms with Crippen LogP contribution in [0.2, 0.25) is 0 Å². The molecule has 0 amide bonds. The first-order valence-electron chi connectivity index (χ1n) is 7.42. The first kappa shape index (κ1) is 16.5. The van der Waals surface area contributed by atoms with E-state index in [-0.39, 0.29) is 17.6 Å². The van der Waals surface area contributed by atoms with Crippen molar-refractivity contribution in [1.29, 1.82) is 0 Å². The molecule has 5 nitrogen and oxygen atoms in total.